The highest BCUT2D eigenvalue weighted by Crippen LogP contribution is 2.35. The first-order valence-electron chi connectivity index (χ1n) is 7.99. The number of amidine groups is 1. The van der Waals surface area contributed by atoms with Crippen molar-refractivity contribution >= 4 is 5.84 Å². The third-order valence-corrected chi connectivity index (χ3v) is 4.92. The van der Waals surface area contributed by atoms with Gasteiger partial charge in [-0.05, 0) is 36.5 Å². The van der Waals surface area contributed by atoms with Crippen LogP contribution in [0.1, 0.15) is 38.2 Å². The summed E-state index contributed by atoms with van der Waals surface area (Å²) in [5, 5.41) is 7.24. The zero-order valence-corrected chi connectivity index (χ0v) is 12.7. The summed E-state index contributed by atoms with van der Waals surface area (Å²) >= 11 is 0. The molecule has 1 spiro atoms. The lowest BCUT2D eigenvalue weighted by Crippen LogP contribution is -2.64. The lowest BCUT2D eigenvalue weighted by molar-refractivity contribution is 0.215. The minimum atomic E-state index is -0.187. The van der Waals surface area contributed by atoms with E-state index in [0.717, 1.165) is 30.9 Å². The van der Waals surface area contributed by atoms with Crippen LogP contribution in [0.25, 0.3) is 0 Å². The van der Waals surface area contributed by atoms with Crippen molar-refractivity contribution in [3.05, 3.63) is 35.6 Å². The predicted octanol–water partition coefficient (Wildman–Crippen LogP) is 2.87. The fourth-order valence-corrected chi connectivity index (χ4v) is 3.63. The minimum Gasteiger partial charge on any atom is -0.368 e. The first-order valence-corrected chi connectivity index (χ1v) is 7.99. The molecule has 1 aliphatic heterocycles. The van der Waals surface area contributed by atoms with Gasteiger partial charge in [0, 0.05) is 13.1 Å². The maximum Gasteiger partial charge on any atom is 0.123 e. The molecule has 3 nitrogen and oxygen atoms in total. The number of hydrogen-bond acceptors (Lipinski definition) is 3. The van der Waals surface area contributed by atoms with Crippen LogP contribution in [0.3, 0.4) is 0 Å². The first kappa shape index (κ1) is 14.5. The summed E-state index contributed by atoms with van der Waals surface area (Å²) in [4.78, 5) is 4.76. The Labute approximate surface area is 126 Å². The summed E-state index contributed by atoms with van der Waals surface area (Å²) in [6, 6.07) is 6.68. The first-order chi connectivity index (χ1) is 10.2. The lowest BCUT2D eigenvalue weighted by atomic mass is 9.72. The van der Waals surface area contributed by atoms with E-state index < -0.39 is 0 Å². The van der Waals surface area contributed by atoms with Crippen LogP contribution in [-0.4, -0.2) is 24.5 Å². The van der Waals surface area contributed by atoms with Crippen molar-refractivity contribution in [2.75, 3.05) is 13.1 Å². The van der Waals surface area contributed by atoms with E-state index in [-0.39, 0.29) is 11.4 Å². The summed E-state index contributed by atoms with van der Waals surface area (Å²) < 4.78 is 13.0. The molecule has 0 saturated heterocycles. The molecule has 0 aromatic heterocycles. The van der Waals surface area contributed by atoms with Gasteiger partial charge in [0.2, 0.25) is 0 Å². The van der Waals surface area contributed by atoms with Gasteiger partial charge in [0.1, 0.15) is 11.7 Å². The molecule has 1 saturated carbocycles. The highest BCUT2D eigenvalue weighted by Gasteiger charge is 2.43. The second-order valence-corrected chi connectivity index (χ2v) is 6.26. The van der Waals surface area contributed by atoms with Crippen LogP contribution in [0.2, 0.25) is 0 Å². The normalized spacial score (nSPS) is 29.2. The number of benzene rings is 1. The monoisotopic (exact) mass is 289 g/mol. The van der Waals surface area contributed by atoms with E-state index in [2.05, 4.69) is 17.6 Å². The third-order valence-electron chi connectivity index (χ3n) is 4.92. The molecule has 21 heavy (non-hydrogen) atoms. The van der Waals surface area contributed by atoms with Crippen molar-refractivity contribution < 1.29 is 4.39 Å². The van der Waals surface area contributed by atoms with Gasteiger partial charge in [-0.2, -0.15) is 0 Å². The zero-order chi connectivity index (χ0) is 14.7. The molecule has 0 radical (unpaired) electrons. The number of nitrogens with one attached hydrogen (secondary N) is 2. The Morgan fingerprint density at radius 3 is 2.90 bits per heavy atom. The second-order valence-electron chi connectivity index (χ2n) is 6.26. The second kappa shape index (κ2) is 6.14. The van der Waals surface area contributed by atoms with Gasteiger partial charge in [-0.15, -0.1) is 0 Å². The predicted molar refractivity (Wildman–Crippen MR) is 83.9 cm³/mol. The van der Waals surface area contributed by atoms with E-state index in [1.54, 1.807) is 0 Å². The quantitative estimate of drug-likeness (QED) is 0.878. The maximum absolute atomic E-state index is 13.0. The SMILES string of the molecule is CC1CCCCC12NCCN=C2NCc1ccc(F)cc1. The molecule has 0 bridgehead atoms. The van der Waals surface area contributed by atoms with Gasteiger partial charge in [-0.25, -0.2) is 4.39 Å². The number of hydrogen-bond donors (Lipinski definition) is 2. The van der Waals surface area contributed by atoms with Crippen molar-refractivity contribution in [3.63, 3.8) is 0 Å². The molecule has 2 N–H and O–H groups in total. The van der Waals surface area contributed by atoms with Crippen molar-refractivity contribution in [1.29, 1.82) is 0 Å². The molecule has 1 aromatic carbocycles. The van der Waals surface area contributed by atoms with Crippen molar-refractivity contribution in [1.82, 2.24) is 10.6 Å². The Kier molecular flexibility index (Phi) is 4.24. The highest BCUT2D eigenvalue weighted by molar-refractivity contribution is 5.92. The molecule has 3 rings (SSSR count). The van der Waals surface area contributed by atoms with E-state index in [0.29, 0.717) is 12.5 Å². The Morgan fingerprint density at radius 1 is 1.33 bits per heavy atom. The van der Waals surface area contributed by atoms with Gasteiger partial charge in [0.15, 0.2) is 0 Å². The highest BCUT2D eigenvalue weighted by atomic mass is 19.1. The molecular weight excluding hydrogens is 265 g/mol. The Hall–Kier alpha value is -1.42. The zero-order valence-electron chi connectivity index (χ0n) is 12.7. The molecule has 1 aromatic rings. The van der Waals surface area contributed by atoms with Crippen molar-refractivity contribution in [3.8, 4) is 0 Å². The number of rotatable bonds is 2. The van der Waals surface area contributed by atoms with Crippen LogP contribution >= 0.6 is 0 Å². The Balaban J connectivity index is 1.72. The van der Waals surface area contributed by atoms with Gasteiger partial charge in [-0.3, -0.25) is 4.99 Å². The van der Waals surface area contributed by atoms with Crippen molar-refractivity contribution in [2.24, 2.45) is 10.9 Å². The number of halogens is 1. The molecule has 0 amide bonds. The molecule has 114 valence electrons. The smallest absolute Gasteiger partial charge is 0.123 e. The standard InChI is InChI=1S/C17H24FN3/c1-13-4-2-3-9-17(13)16(19-10-11-21-17)20-12-14-5-7-15(18)8-6-14/h5-8,13,21H,2-4,9-12H2,1H3,(H,19,20). The van der Waals surface area contributed by atoms with Crippen LogP contribution in [0, 0.1) is 11.7 Å². The fraction of sp³-hybridized carbons (Fsp3) is 0.588. The van der Waals surface area contributed by atoms with E-state index in [9.17, 15) is 4.39 Å². The number of aliphatic imine (C=N–C) groups is 1. The molecule has 4 heteroatoms. The average Bonchev–Trinajstić information content (AvgIpc) is 2.51. The van der Waals surface area contributed by atoms with E-state index in [1.807, 2.05) is 12.1 Å². The summed E-state index contributed by atoms with van der Waals surface area (Å²) in [5.74, 6) is 1.52. The van der Waals surface area contributed by atoms with Gasteiger partial charge < -0.3 is 10.6 Å². The minimum absolute atomic E-state index is 0.0243. The average molecular weight is 289 g/mol. The van der Waals surface area contributed by atoms with Gasteiger partial charge >= 0.3 is 0 Å². The number of nitrogens with zero attached hydrogens (tertiary/aromatic N) is 1. The Bertz CT molecular complexity index is 511. The van der Waals surface area contributed by atoms with Crippen LogP contribution in [-0.2, 0) is 6.54 Å². The van der Waals surface area contributed by atoms with E-state index in [1.165, 1.54) is 31.4 Å². The largest absolute Gasteiger partial charge is 0.368 e. The molecule has 2 atom stereocenters. The van der Waals surface area contributed by atoms with Crippen molar-refractivity contribution in [2.45, 2.75) is 44.7 Å². The molecule has 2 aliphatic rings. The van der Waals surface area contributed by atoms with Crippen LogP contribution < -0.4 is 10.6 Å². The van der Waals surface area contributed by atoms with Gasteiger partial charge in [0.05, 0.1) is 12.1 Å². The topological polar surface area (TPSA) is 36.4 Å². The summed E-state index contributed by atoms with van der Waals surface area (Å²) in [6.45, 7) is 4.83. The van der Waals surface area contributed by atoms with Crippen LogP contribution in [0.15, 0.2) is 29.3 Å². The molecule has 2 unspecified atom stereocenters. The molecule has 1 heterocycles. The molecule has 1 aliphatic carbocycles. The van der Waals surface area contributed by atoms with E-state index in [4.69, 9.17) is 4.99 Å². The van der Waals surface area contributed by atoms with Crippen LogP contribution in [0.5, 0.6) is 0 Å². The van der Waals surface area contributed by atoms with Crippen LogP contribution in [0.4, 0.5) is 4.39 Å². The fourth-order valence-electron chi connectivity index (χ4n) is 3.63. The van der Waals surface area contributed by atoms with Gasteiger partial charge in [0.25, 0.3) is 0 Å². The van der Waals surface area contributed by atoms with Gasteiger partial charge in [-0.1, -0.05) is 31.9 Å². The Morgan fingerprint density at radius 2 is 2.14 bits per heavy atom. The summed E-state index contributed by atoms with van der Waals surface area (Å²) in [7, 11) is 0. The molecular formula is C17H24FN3. The summed E-state index contributed by atoms with van der Waals surface area (Å²) in [5.41, 5.74) is 1.11. The third kappa shape index (κ3) is 2.95. The maximum atomic E-state index is 13.0. The lowest BCUT2D eigenvalue weighted by Gasteiger charge is -2.46. The van der Waals surface area contributed by atoms with E-state index >= 15 is 0 Å². The summed E-state index contributed by atoms with van der Waals surface area (Å²) in [6.07, 6.45) is 4.98. The molecule has 1 fully saturated rings.